The van der Waals surface area contributed by atoms with Crippen molar-refractivity contribution >= 4 is 27.6 Å². The highest BCUT2D eigenvalue weighted by molar-refractivity contribution is 7.16. The normalized spacial score (nSPS) is 14.7. The van der Waals surface area contributed by atoms with Crippen LogP contribution in [0.4, 0.5) is 5.95 Å². The number of benzene rings is 2. The Bertz CT molecular complexity index is 1320. The smallest absolute Gasteiger partial charge is 0.252 e. The van der Waals surface area contributed by atoms with E-state index in [4.69, 9.17) is 9.72 Å². The number of aryl methyl sites for hydroxylation is 2. The number of hydrogen-bond donors (Lipinski definition) is 1. The second-order valence-corrected chi connectivity index (χ2v) is 9.53. The maximum Gasteiger partial charge on any atom is 0.252 e. The van der Waals surface area contributed by atoms with Crippen molar-refractivity contribution in [1.82, 2.24) is 19.9 Å². The molecular weight excluding hydrogens is 444 g/mol. The number of anilines is 1. The van der Waals surface area contributed by atoms with Gasteiger partial charge in [-0.1, -0.05) is 30.3 Å². The molecule has 34 heavy (non-hydrogen) atoms. The summed E-state index contributed by atoms with van der Waals surface area (Å²) in [5.41, 5.74) is 6.15. The van der Waals surface area contributed by atoms with Gasteiger partial charge in [-0.2, -0.15) is 15.2 Å². The zero-order chi connectivity index (χ0) is 23.5. The van der Waals surface area contributed by atoms with E-state index >= 15 is 0 Å². The molecule has 0 aliphatic carbocycles. The van der Waals surface area contributed by atoms with Crippen molar-refractivity contribution in [3.05, 3.63) is 70.2 Å². The van der Waals surface area contributed by atoms with Crippen LogP contribution in [0.25, 0.3) is 10.3 Å². The summed E-state index contributed by atoms with van der Waals surface area (Å²) in [6.45, 7) is 6.92. The lowest BCUT2D eigenvalue weighted by Gasteiger charge is -2.32. The maximum atomic E-state index is 9.23. The molecule has 4 aromatic rings. The van der Waals surface area contributed by atoms with E-state index in [2.05, 4.69) is 56.6 Å². The van der Waals surface area contributed by atoms with Gasteiger partial charge in [0.15, 0.2) is 10.3 Å². The number of hydrogen-bond acceptors (Lipinski definition) is 8. The number of nitrogens with zero attached hydrogens (tertiary/aromatic N) is 5. The van der Waals surface area contributed by atoms with E-state index < -0.39 is 0 Å². The van der Waals surface area contributed by atoms with Gasteiger partial charge in [0.2, 0.25) is 5.95 Å². The first-order valence-corrected chi connectivity index (χ1v) is 12.3. The van der Waals surface area contributed by atoms with Crippen molar-refractivity contribution in [2.24, 2.45) is 0 Å². The number of nitrogens with one attached hydrogen (secondary N) is 1. The van der Waals surface area contributed by atoms with Crippen molar-refractivity contribution < 1.29 is 4.74 Å². The molecular formula is C26H26N6OS. The lowest BCUT2D eigenvalue weighted by Crippen LogP contribution is -2.38. The van der Waals surface area contributed by atoms with Gasteiger partial charge in [0.05, 0.1) is 17.1 Å². The predicted molar refractivity (Wildman–Crippen MR) is 134 cm³/mol. The number of fused-ring (bicyclic) bond motifs is 1. The fourth-order valence-corrected chi connectivity index (χ4v) is 5.05. The standard InChI is InChI=1S/C26H26N6OS/c1-17-12-20(14-27)13-18(2)23(17)33-24-22-25(34-16-28-22)31-26(30-24)29-21-8-10-32(11-9-21)15-19-6-4-3-5-7-19/h3-7,12-13,16,21H,8-11,15H2,1-2H3,(H,29,30,31). The zero-order valence-electron chi connectivity index (χ0n) is 19.3. The van der Waals surface area contributed by atoms with Gasteiger partial charge in [0.1, 0.15) is 5.75 Å². The van der Waals surface area contributed by atoms with Gasteiger partial charge < -0.3 is 10.1 Å². The molecule has 0 unspecified atom stereocenters. The van der Waals surface area contributed by atoms with Crippen molar-refractivity contribution in [1.29, 1.82) is 5.26 Å². The van der Waals surface area contributed by atoms with Gasteiger partial charge in [-0.25, -0.2) is 4.98 Å². The molecule has 1 N–H and O–H groups in total. The summed E-state index contributed by atoms with van der Waals surface area (Å²) < 4.78 is 6.26. The van der Waals surface area contributed by atoms with Crippen LogP contribution in [-0.2, 0) is 6.54 Å². The van der Waals surface area contributed by atoms with Crippen LogP contribution in [0, 0.1) is 25.2 Å². The predicted octanol–water partition coefficient (Wildman–Crippen LogP) is 5.44. The number of rotatable bonds is 6. The monoisotopic (exact) mass is 470 g/mol. The molecule has 172 valence electrons. The molecule has 3 heterocycles. The van der Waals surface area contributed by atoms with Crippen LogP contribution in [0.2, 0.25) is 0 Å². The van der Waals surface area contributed by atoms with Crippen LogP contribution >= 0.6 is 11.3 Å². The Hall–Kier alpha value is -3.54. The molecule has 8 heteroatoms. The Kier molecular flexibility index (Phi) is 6.39. The number of piperidine rings is 1. The van der Waals surface area contributed by atoms with Crippen LogP contribution in [-0.4, -0.2) is 39.0 Å². The molecule has 1 aliphatic heterocycles. The van der Waals surface area contributed by atoms with E-state index in [1.54, 1.807) is 5.51 Å². The van der Waals surface area contributed by atoms with Gasteiger partial charge in [-0.05, 0) is 55.5 Å². The number of thiazole rings is 1. The first-order chi connectivity index (χ1) is 16.6. The summed E-state index contributed by atoms with van der Waals surface area (Å²) in [6, 6.07) is 16.8. The third-order valence-corrected chi connectivity index (χ3v) is 6.84. The summed E-state index contributed by atoms with van der Waals surface area (Å²) in [5, 5.41) is 12.8. The fraction of sp³-hybridized carbons (Fsp3) is 0.308. The number of likely N-dealkylation sites (tertiary alicyclic amines) is 1. The topological polar surface area (TPSA) is 87.0 Å². The molecule has 2 aromatic heterocycles. The van der Waals surface area contributed by atoms with Gasteiger partial charge in [0.25, 0.3) is 5.88 Å². The highest BCUT2D eigenvalue weighted by atomic mass is 32.1. The van der Waals surface area contributed by atoms with Crippen molar-refractivity contribution in [3.63, 3.8) is 0 Å². The quantitative estimate of drug-likeness (QED) is 0.401. The lowest BCUT2D eigenvalue weighted by atomic mass is 10.0. The Labute approximate surface area is 203 Å². The third kappa shape index (κ3) is 4.86. The van der Waals surface area contributed by atoms with Crippen LogP contribution in [0.5, 0.6) is 11.6 Å². The van der Waals surface area contributed by atoms with Crippen molar-refractivity contribution in [2.45, 2.75) is 39.3 Å². The highest BCUT2D eigenvalue weighted by Gasteiger charge is 2.22. The average molecular weight is 471 g/mol. The zero-order valence-corrected chi connectivity index (χ0v) is 20.1. The van der Waals surface area contributed by atoms with Gasteiger partial charge >= 0.3 is 0 Å². The van der Waals surface area contributed by atoms with E-state index in [1.807, 2.05) is 26.0 Å². The molecule has 0 amide bonds. The molecule has 0 atom stereocenters. The minimum absolute atomic E-state index is 0.309. The van der Waals surface area contributed by atoms with E-state index in [-0.39, 0.29) is 0 Å². The molecule has 1 fully saturated rings. The second kappa shape index (κ2) is 9.75. The minimum atomic E-state index is 0.309. The van der Waals surface area contributed by atoms with Crippen LogP contribution < -0.4 is 10.1 Å². The molecule has 2 aromatic carbocycles. The molecule has 7 nitrogen and oxygen atoms in total. The number of aromatic nitrogens is 3. The van der Waals surface area contributed by atoms with E-state index in [9.17, 15) is 5.26 Å². The molecule has 0 spiro atoms. The van der Waals surface area contributed by atoms with Crippen molar-refractivity contribution in [3.8, 4) is 17.7 Å². The fourth-order valence-electron chi connectivity index (χ4n) is 4.40. The van der Waals surface area contributed by atoms with Crippen LogP contribution in [0.3, 0.4) is 0 Å². The first-order valence-electron chi connectivity index (χ1n) is 11.4. The van der Waals surface area contributed by atoms with Gasteiger partial charge in [-0.15, -0.1) is 11.3 Å². The van der Waals surface area contributed by atoms with Crippen molar-refractivity contribution in [2.75, 3.05) is 18.4 Å². The average Bonchev–Trinajstić information content (AvgIpc) is 3.32. The largest absolute Gasteiger partial charge is 0.436 e. The second-order valence-electron chi connectivity index (χ2n) is 8.69. The van der Waals surface area contributed by atoms with E-state index in [0.29, 0.717) is 34.7 Å². The summed E-state index contributed by atoms with van der Waals surface area (Å²) in [7, 11) is 0. The Morgan fingerprint density at radius 2 is 1.85 bits per heavy atom. The first kappa shape index (κ1) is 22.3. The van der Waals surface area contributed by atoms with Crippen LogP contribution in [0.1, 0.15) is 35.1 Å². The summed E-state index contributed by atoms with van der Waals surface area (Å²) in [5.74, 6) is 1.70. The molecule has 1 saturated heterocycles. The van der Waals surface area contributed by atoms with Gasteiger partial charge in [-0.3, -0.25) is 4.90 Å². The molecule has 0 bridgehead atoms. The third-order valence-electron chi connectivity index (χ3n) is 6.12. The van der Waals surface area contributed by atoms with E-state index in [0.717, 1.165) is 48.4 Å². The minimum Gasteiger partial charge on any atom is -0.436 e. The molecule has 0 saturated carbocycles. The Morgan fingerprint density at radius 1 is 1.12 bits per heavy atom. The molecule has 5 rings (SSSR count). The highest BCUT2D eigenvalue weighted by Crippen LogP contribution is 2.34. The molecule has 1 aliphatic rings. The van der Waals surface area contributed by atoms with E-state index in [1.165, 1.54) is 16.9 Å². The van der Waals surface area contributed by atoms with Crippen LogP contribution in [0.15, 0.2) is 48.0 Å². The number of nitriles is 1. The summed E-state index contributed by atoms with van der Waals surface area (Å²) >= 11 is 1.47. The Morgan fingerprint density at radius 3 is 2.56 bits per heavy atom. The molecule has 0 radical (unpaired) electrons. The number of ether oxygens (including phenoxy) is 1. The summed E-state index contributed by atoms with van der Waals surface area (Å²) in [6.07, 6.45) is 2.06. The lowest BCUT2D eigenvalue weighted by molar-refractivity contribution is 0.211. The Balaban J connectivity index is 1.31. The summed E-state index contributed by atoms with van der Waals surface area (Å²) in [4.78, 5) is 17.1. The van der Waals surface area contributed by atoms with Gasteiger partial charge in [0, 0.05) is 25.7 Å². The maximum absolute atomic E-state index is 9.23. The SMILES string of the molecule is Cc1cc(C#N)cc(C)c1Oc1nc(NC2CCN(Cc3ccccc3)CC2)nc2scnc12.